The molecule has 0 atom stereocenters. The molecule has 0 radical (unpaired) electrons. The first-order valence-corrected chi connectivity index (χ1v) is 6.70. The van der Waals surface area contributed by atoms with E-state index < -0.39 is 0 Å². The van der Waals surface area contributed by atoms with Gasteiger partial charge in [-0.25, -0.2) is 0 Å². The van der Waals surface area contributed by atoms with Crippen molar-refractivity contribution in [2.75, 3.05) is 5.32 Å². The van der Waals surface area contributed by atoms with Crippen molar-refractivity contribution in [2.45, 2.75) is 26.4 Å². The predicted octanol–water partition coefficient (Wildman–Crippen LogP) is 4.04. The second kappa shape index (κ2) is 6.31. The van der Waals surface area contributed by atoms with Crippen LogP contribution in [0.2, 0.25) is 5.02 Å². The molecule has 0 saturated carbocycles. The van der Waals surface area contributed by atoms with E-state index in [1.807, 2.05) is 6.07 Å². The van der Waals surface area contributed by atoms with Crippen LogP contribution in [-0.4, -0.2) is 4.57 Å². The second-order valence-electron chi connectivity index (χ2n) is 4.35. The van der Waals surface area contributed by atoms with Gasteiger partial charge in [0.25, 0.3) is 0 Å². The summed E-state index contributed by atoms with van der Waals surface area (Å²) in [4.78, 5) is 0. The van der Waals surface area contributed by atoms with Gasteiger partial charge >= 0.3 is 0 Å². The van der Waals surface area contributed by atoms with Crippen LogP contribution in [0, 0.1) is 11.3 Å². The average molecular weight is 274 g/mol. The Labute approximate surface area is 118 Å². The summed E-state index contributed by atoms with van der Waals surface area (Å²) >= 11 is 5.96. The highest BCUT2D eigenvalue weighted by molar-refractivity contribution is 6.30. The molecule has 0 aliphatic rings. The monoisotopic (exact) mass is 273 g/mol. The molecule has 0 bridgehead atoms. The number of nitriles is 1. The number of aromatic nitrogens is 1. The zero-order valence-corrected chi connectivity index (χ0v) is 11.6. The highest BCUT2D eigenvalue weighted by atomic mass is 35.5. The van der Waals surface area contributed by atoms with Gasteiger partial charge < -0.3 is 9.88 Å². The lowest BCUT2D eigenvalue weighted by molar-refractivity contribution is 0.654. The van der Waals surface area contributed by atoms with Crippen molar-refractivity contribution in [1.29, 1.82) is 5.26 Å². The Bertz CT molecular complexity index is 596. The molecule has 0 amide bonds. The van der Waals surface area contributed by atoms with Crippen LogP contribution in [0.3, 0.4) is 0 Å². The third-order valence-electron chi connectivity index (χ3n) is 2.95. The van der Waals surface area contributed by atoms with E-state index in [-0.39, 0.29) is 0 Å². The fourth-order valence-electron chi connectivity index (χ4n) is 2.01. The van der Waals surface area contributed by atoms with Gasteiger partial charge in [-0.15, -0.1) is 0 Å². The summed E-state index contributed by atoms with van der Waals surface area (Å²) in [6.45, 7) is 3.84. The molecule has 0 spiro atoms. The van der Waals surface area contributed by atoms with E-state index in [0.717, 1.165) is 18.7 Å². The van der Waals surface area contributed by atoms with Crippen LogP contribution in [-0.2, 0) is 13.1 Å². The minimum atomic E-state index is 0.609. The number of hydrogen-bond acceptors (Lipinski definition) is 2. The molecule has 1 aromatic carbocycles. The van der Waals surface area contributed by atoms with E-state index >= 15 is 0 Å². The molecular formula is C15H16ClN3. The van der Waals surface area contributed by atoms with Crippen molar-refractivity contribution in [2.24, 2.45) is 0 Å². The Balaban J connectivity index is 2.12. The summed E-state index contributed by atoms with van der Waals surface area (Å²) < 4.78 is 2.21. The van der Waals surface area contributed by atoms with Crippen LogP contribution >= 0.6 is 11.6 Å². The van der Waals surface area contributed by atoms with Gasteiger partial charge in [-0.05, 0) is 36.8 Å². The largest absolute Gasteiger partial charge is 0.378 e. The van der Waals surface area contributed by atoms with E-state index in [1.165, 1.54) is 5.69 Å². The molecule has 2 aromatic rings. The average Bonchev–Trinajstić information content (AvgIpc) is 2.84. The van der Waals surface area contributed by atoms with Gasteiger partial charge in [0.15, 0.2) is 0 Å². The predicted molar refractivity (Wildman–Crippen MR) is 78.2 cm³/mol. The Hall–Kier alpha value is -1.92. The van der Waals surface area contributed by atoms with Gasteiger partial charge in [0, 0.05) is 23.5 Å². The first-order valence-electron chi connectivity index (χ1n) is 6.32. The van der Waals surface area contributed by atoms with E-state index in [0.29, 0.717) is 17.1 Å². The van der Waals surface area contributed by atoms with Crippen LogP contribution in [0.1, 0.15) is 24.6 Å². The second-order valence-corrected chi connectivity index (χ2v) is 4.78. The fourth-order valence-corrected chi connectivity index (χ4v) is 2.19. The van der Waals surface area contributed by atoms with E-state index in [1.54, 1.807) is 18.2 Å². The minimum absolute atomic E-state index is 0.609. The molecule has 19 heavy (non-hydrogen) atoms. The summed E-state index contributed by atoms with van der Waals surface area (Å²) in [5.41, 5.74) is 2.59. The molecule has 0 fully saturated rings. The molecule has 1 aromatic heterocycles. The third-order valence-corrected chi connectivity index (χ3v) is 3.19. The van der Waals surface area contributed by atoms with Crippen molar-refractivity contribution in [3.05, 3.63) is 52.8 Å². The number of nitrogens with one attached hydrogen (secondary N) is 1. The normalized spacial score (nSPS) is 10.2. The zero-order valence-electron chi connectivity index (χ0n) is 10.9. The maximum Gasteiger partial charge on any atom is 0.101 e. The lowest BCUT2D eigenvalue weighted by Crippen LogP contribution is -2.07. The van der Waals surface area contributed by atoms with Crippen molar-refractivity contribution < 1.29 is 0 Å². The van der Waals surface area contributed by atoms with Crippen LogP contribution in [0.5, 0.6) is 0 Å². The number of anilines is 1. The Kier molecular flexibility index (Phi) is 4.48. The van der Waals surface area contributed by atoms with Gasteiger partial charge in [-0.2, -0.15) is 5.26 Å². The van der Waals surface area contributed by atoms with Gasteiger partial charge in [0.1, 0.15) is 6.07 Å². The van der Waals surface area contributed by atoms with Crippen LogP contribution in [0.25, 0.3) is 0 Å². The molecule has 0 aliphatic heterocycles. The van der Waals surface area contributed by atoms with Gasteiger partial charge in [-0.1, -0.05) is 18.5 Å². The minimum Gasteiger partial charge on any atom is -0.378 e. The number of rotatable bonds is 5. The summed E-state index contributed by atoms with van der Waals surface area (Å²) in [7, 11) is 0. The topological polar surface area (TPSA) is 40.8 Å². The summed E-state index contributed by atoms with van der Waals surface area (Å²) in [6.07, 6.45) is 3.17. The highest BCUT2D eigenvalue weighted by Gasteiger charge is 2.04. The molecule has 0 saturated heterocycles. The maximum absolute atomic E-state index is 9.07. The smallest absolute Gasteiger partial charge is 0.101 e. The van der Waals surface area contributed by atoms with E-state index in [2.05, 4.69) is 35.1 Å². The number of benzene rings is 1. The number of nitrogens with zero attached hydrogens (tertiary/aromatic N) is 2. The van der Waals surface area contributed by atoms with Crippen LogP contribution in [0.15, 0.2) is 36.5 Å². The van der Waals surface area contributed by atoms with Crippen LogP contribution in [0.4, 0.5) is 5.69 Å². The third kappa shape index (κ3) is 3.30. The molecule has 0 unspecified atom stereocenters. The summed E-state index contributed by atoms with van der Waals surface area (Å²) in [6, 6.07) is 11.5. The van der Waals surface area contributed by atoms with Crippen molar-refractivity contribution in [3.63, 3.8) is 0 Å². The summed E-state index contributed by atoms with van der Waals surface area (Å²) in [5.74, 6) is 0. The molecular weight excluding hydrogens is 258 g/mol. The van der Waals surface area contributed by atoms with Gasteiger partial charge in [0.05, 0.1) is 17.8 Å². The highest BCUT2D eigenvalue weighted by Crippen LogP contribution is 2.21. The first-order chi connectivity index (χ1) is 9.24. The Morgan fingerprint density at radius 2 is 2.21 bits per heavy atom. The molecule has 98 valence electrons. The standard InChI is InChI=1S/C15H16ClN3/c1-2-7-19-8-3-4-14(19)11-18-15-9-13(16)6-5-12(15)10-17/h3-6,8-9,18H,2,7,11H2,1H3. The molecule has 0 aliphatic carbocycles. The Morgan fingerprint density at radius 3 is 2.95 bits per heavy atom. The van der Waals surface area contributed by atoms with Crippen LogP contribution < -0.4 is 5.32 Å². The van der Waals surface area contributed by atoms with E-state index in [4.69, 9.17) is 16.9 Å². The number of halogens is 1. The van der Waals surface area contributed by atoms with Crippen molar-refractivity contribution in [3.8, 4) is 6.07 Å². The fraction of sp³-hybridized carbons (Fsp3) is 0.267. The molecule has 1 N–H and O–H groups in total. The number of hydrogen-bond donors (Lipinski definition) is 1. The van der Waals surface area contributed by atoms with Gasteiger partial charge in [-0.3, -0.25) is 0 Å². The van der Waals surface area contributed by atoms with E-state index in [9.17, 15) is 0 Å². The number of aryl methyl sites for hydroxylation is 1. The van der Waals surface area contributed by atoms with Crippen molar-refractivity contribution >= 4 is 17.3 Å². The molecule has 1 heterocycles. The lowest BCUT2D eigenvalue weighted by Gasteiger charge is -2.11. The zero-order chi connectivity index (χ0) is 13.7. The maximum atomic E-state index is 9.07. The molecule has 2 rings (SSSR count). The molecule has 4 heteroatoms. The Morgan fingerprint density at radius 1 is 1.37 bits per heavy atom. The summed E-state index contributed by atoms with van der Waals surface area (Å²) in [5, 5.41) is 13.0. The lowest BCUT2D eigenvalue weighted by atomic mass is 10.2. The quantitative estimate of drug-likeness (QED) is 0.893. The SMILES string of the molecule is CCCn1cccc1CNc1cc(Cl)ccc1C#N. The van der Waals surface area contributed by atoms with Gasteiger partial charge in [0.2, 0.25) is 0 Å². The van der Waals surface area contributed by atoms with Crippen molar-refractivity contribution in [1.82, 2.24) is 4.57 Å². The molecule has 3 nitrogen and oxygen atoms in total. The first kappa shape index (κ1) is 13.5.